The van der Waals surface area contributed by atoms with E-state index in [9.17, 15) is 4.79 Å². The molecule has 0 amide bonds. The number of nitrogens with zero attached hydrogens (tertiary/aromatic N) is 1. The Morgan fingerprint density at radius 2 is 2.22 bits per heavy atom. The summed E-state index contributed by atoms with van der Waals surface area (Å²) < 4.78 is 4.98. The molecule has 0 radical (unpaired) electrons. The standard InChI is InChI=1S/C12H7ClN2O3/c13-7-2-1-3-8-6(7)4-9(14-8)11-5-10(12(16)17)15-18-11/h1-5,14H,(H,16,17). The summed E-state index contributed by atoms with van der Waals surface area (Å²) in [6, 6.07) is 8.64. The van der Waals surface area contributed by atoms with Gasteiger partial charge in [-0.3, -0.25) is 0 Å². The number of halogens is 1. The van der Waals surface area contributed by atoms with Crippen molar-refractivity contribution in [2.45, 2.75) is 0 Å². The lowest BCUT2D eigenvalue weighted by atomic mass is 10.2. The van der Waals surface area contributed by atoms with Crippen LogP contribution in [0.1, 0.15) is 10.5 Å². The molecule has 3 rings (SSSR count). The molecule has 2 N–H and O–H groups in total. The number of nitrogens with one attached hydrogen (secondary N) is 1. The fraction of sp³-hybridized carbons (Fsp3) is 0. The van der Waals surface area contributed by atoms with Crippen LogP contribution in [0.5, 0.6) is 0 Å². The number of carbonyl (C=O) groups is 1. The summed E-state index contributed by atoms with van der Waals surface area (Å²) in [6.07, 6.45) is 0. The Balaban J connectivity index is 2.13. The molecule has 2 aromatic heterocycles. The number of aromatic nitrogens is 2. The summed E-state index contributed by atoms with van der Waals surface area (Å²) >= 11 is 6.05. The fourth-order valence-corrected chi connectivity index (χ4v) is 1.98. The number of carboxylic acids is 1. The van der Waals surface area contributed by atoms with E-state index >= 15 is 0 Å². The van der Waals surface area contributed by atoms with Gasteiger partial charge in [-0.25, -0.2) is 4.79 Å². The maximum atomic E-state index is 10.7. The molecule has 1 aromatic carbocycles. The van der Waals surface area contributed by atoms with Crippen molar-refractivity contribution in [2.24, 2.45) is 0 Å². The summed E-state index contributed by atoms with van der Waals surface area (Å²) in [5.41, 5.74) is 1.36. The maximum absolute atomic E-state index is 10.7. The lowest BCUT2D eigenvalue weighted by Crippen LogP contribution is -1.94. The summed E-state index contributed by atoms with van der Waals surface area (Å²) in [6.45, 7) is 0. The molecule has 0 fully saturated rings. The Labute approximate surface area is 106 Å². The summed E-state index contributed by atoms with van der Waals surface area (Å²) in [7, 11) is 0. The van der Waals surface area contributed by atoms with Crippen LogP contribution in [0, 0.1) is 0 Å². The van der Waals surface area contributed by atoms with Crippen molar-refractivity contribution < 1.29 is 14.4 Å². The Morgan fingerprint density at radius 3 is 2.89 bits per heavy atom. The van der Waals surface area contributed by atoms with Crippen molar-refractivity contribution in [3.8, 4) is 11.5 Å². The highest BCUT2D eigenvalue weighted by Crippen LogP contribution is 2.29. The van der Waals surface area contributed by atoms with Gasteiger partial charge in [-0.1, -0.05) is 22.8 Å². The molecule has 2 heterocycles. The number of aromatic amines is 1. The zero-order valence-corrected chi connectivity index (χ0v) is 9.73. The summed E-state index contributed by atoms with van der Waals surface area (Å²) in [5, 5.41) is 13.7. The summed E-state index contributed by atoms with van der Waals surface area (Å²) in [4.78, 5) is 13.8. The molecule has 90 valence electrons. The molecule has 0 saturated carbocycles. The Hall–Kier alpha value is -2.27. The number of rotatable bonds is 2. The van der Waals surface area contributed by atoms with E-state index in [1.54, 1.807) is 12.1 Å². The normalized spacial score (nSPS) is 10.9. The number of hydrogen-bond donors (Lipinski definition) is 2. The molecule has 3 aromatic rings. The minimum Gasteiger partial charge on any atom is -0.476 e. The average molecular weight is 263 g/mol. The predicted molar refractivity (Wildman–Crippen MR) is 65.8 cm³/mol. The lowest BCUT2D eigenvalue weighted by molar-refractivity contribution is 0.0686. The van der Waals surface area contributed by atoms with E-state index in [1.165, 1.54) is 6.07 Å². The second-order valence-electron chi connectivity index (χ2n) is 3.77. The van der Waals surface area contributed by atoms with E-state index in [1.807, 2.05) is 12.1 Å². The van der Waals surface area contributed by atoms with Gasteiger partial charge in [-0.15, -0.1) is 0 Å². The van der Waals surface area contributed by atoms with Gasteiger partial charge in [0.1, 0.15) is 0 Å². The van der Waals surface area contributed by atoms with Crippen LogP contribution >= 0.6 is 11.6 Å². The number of fused-ring (bicyclic) bond motifs is 1. The quantitative estimate of drug-likeness (QED) is 0.743. The molecule has 6 heteroatoms. The Morgan fingerprint density at radius 1 is 1.39 bits per heavy atom. The monoisotopic (exact) mass is 262 g/mol. The largest absolute Gasteiger partial charge is 0.476 e. The Bertz CT molecular complexity index is 745. The second kappa shape index (κ2) is 3.89. The van der Waals surface area contributed by atoms with Gasteiger partial charge in [0, 0.05) is 22.0 Å². The maximum Gasteiger partial charge on any atom is 0.358 e. The number of aromatic carboxylic acids is 1. The molecule has 0 bridgehead atoms. The third-order valence-corrected chi connectivity index (χ3v) is 2.94. The van der Waals surface area contributed by atoms with Crippen molar-refractivity contribution >= 4 is 28.5 Å². The van der Waals surface area contributed by atoms with Crippen molar-refractivity contribution in [1.82, 2.24) is 10.1 Å². The van der Waals surface area contributed by atoms with Crippen LogP contribution in [0.3, 0.4) is 0 Å². The van der Waals surface area contributed by atoms with Gasteiger partial charge >= 0.3 is 5.97 Å². The lowest BCUT2D eigenvalue weighted by Gasteiger charge is -1.89. The zero-order chi connectivity index (χ0) is 12.7. The minimum atomic E-state index is -1.13. The van der Waals surface area contributed by atoms with Gasteiger partial charge in [-0.2, -0.15) is 0 Å². The molecular formula is C12H7ClN2O3. The van der Waals surface area contributed by atoms with Crippen LogP contribution < -0.4 is 0 Å². The first kappa shape index (κ1) is 10.9. The molecular weight excluding hydrogens is 256 g/mol. The average Bonchev–Trinajstić information content (AvgIpc) is 2.95. The van der Waals surface area contributed by atoms with Crippen molar-refractivity contribution in [2.75, 3.05) is 0 Å². The Kier molecular flexibility index (Phi) is 2.34. The molecule has 5 nitrogen and oxygen atoms in total. The van der Waals surface area contributed by atoms with E-state index in [0.29, 0.717) is 16.5 Å². The first-order valence-electron chi connectivity index (χ1n) is 5.13. The third kappa shape index (κ3) is 1.65. The molecule has 0 aliphatic carbocycles. The van der Waals surface area contributed by atoms with Crippen LogP contribution in [-0.4, -0.2) is 21.2 Å². The smallest absolute Gasteiger partial charge is 0.358 e. The van der Waals surface area contributed by atoms with E-state index in [4.69, 9.17) is 21.2 Å². The summed E-state index contributed by atoms with van der Waals surface area (Å²) in [5.74, 6) is -0.765. The van der Waals surface area contributed by atoms with Gasteiger partial charge in [-0.05, 0) is 18.2 Å². The van der Waals surface area contributed by atoms with Gasteiger partial charge in [0.05, 0.1) is 5.69 Å². The highest BCUT2D eigenvalue weighted by molar-refractivity contribution is 6.35. The number of carboxylic acid groups (broad SMARTS) is 1. The van der Waals surface area contributed by atoms with Crippen LogP contribution in [-0.2, 0) is 0 Å². The SMILES string of the molecule is O=C(O)c1cc(-c2cc3c(Cl)cccc3[nH]2)on1. The van der Waals surface area contributed by atoms with Gasteiger partial charge in [0.15, 0.2) is 11.5 Å². The van der Waals surface area contributed by atoms with Crippen molar-refractivity contribution in [3.05, 3.63) is 41.0 Å². The third-order valence-electron chi connectivity index (χ3n) is 2.61. The van der Waals surface area contributed by atoms with Gasteiger partial charge < -0.3 is 14.6 Å². The molecule has 0 saturated heterocycles. The molecule has 0 spiro atoms. The van der Waals surface area contributed by atoms with E-state index in [-0.39, 0.29) is 5.69 Å². The predicted octanol–water partition coefficient (Wildman–Crippen LogP) is 3.17. The molecule has 0 aliphatic heterocycles. The minimum absolute atomic E-state index is 0.130. The topological polar surface area (TPSA) is 79.1 Å². The zero-order valence-electron chi connectivity index (χ0n) is 8.98. The molecule has 18 heavy (non-hydrogen) atoms. The second-order valence-corrected chi connectivity index (χ2v) is 4.17. The highest BCUT2D eigenvalue weighted by Gasteiger charge is 2.14. The van der Waals surface area contributed by atoms with E-state index in [2.05, 4.69) is 10.1 Å². The highest BCUT2D eigenvalue weighted by atomic mass is 35.5. The van der Waals surface area contributed by atoms with Crippen LogP contribution in [0.2, 0.25) is 5.02 Å². The molecule has 0 aliphatic rings. The number of hydrogen-bond acceptors (Lipinski definition) is 3. The van der Waals surface area contributed by atoms with Gasteiger partial charge in [0.25, 0.3) is 0 Å². The van der Waals surface area contributed by atoms with Crippen LogP contribution in [0.15, 0.2) is 34.9 Å². The first-order chi connectivity index (χ1) is 8.65. The van der Waals surface area contributed by atoms with Crippen LogP contribution in [0.25, 0.3) is 22.4 Å². The first-order valence-corrected chi connectivity index (χ1v) is 5.50. The molecule has 0 atom stereocenters. The van der Waals surface area contributed by atoms with Crippen molar-refractivity contribution in [3.63, 3.8) is 0 Å². The van der Waals surface area contributed by atoms with Gasteiger partial charge in [0.2, 0.25) is 0 Å². The van der Waals surface area contributed by atoms with E-state index in [0.717, 1.165) is 10.9 Å². The van der Waals surface area contributed by atoms with Crippen molar-refractivity contribution in [1.29, 1.82) is 0 Å². The van der Waals surface area contributed by atoms with Crippen LogP contribution in [0.4, 0.5) is 0 Å². The number of benzene rings is 1. The number of H-pyrrole nitrogens is 1. The van der Waals surface area contributed by atoms with E-state index < -0.39 is 5.97 Å². The molecule has 0 unspecified atom stereocenters. The fourth-order valence-electron chi connectivity index (χ4n) is 1.75.